The Morgan fingerprint density at radius 1 is 1.11 bits per heavy atom. The van der Waals surface area contributed by atoms with Gasteiger partial charge in [0.2, 0.25) is 0 Å². The molecule has 0 saturated heterocycles. The second-order valence-electron chi connectivity index (χ2n) is 7.01. The van der Waals surface area contributed by atoms with Crippen molar-refractivity contribution in [1.82, 2.24) is 5.32 Å². The van der Waals surface area contributed by atoms with E-state index in [2.05, 4.69) is 24.4 Å². The molecular weight excluding hydrogens is 354 g/mol. The van der Waals surface area contributed by atoms with Gasteiger partial charge >= 0.3 is 5.97 Å². The quantitative estimate of drug-likeness (QED) is 0.549. The second kappa shape index (κ2) is 9.93. The molecule has 0 saturated carbocycles. The van der Waals surface area contributed by atoms with Crippen LogP contribution in [0.1, 0.15) is 60.1 Å². The summed E-state index contributed by atoms with van der Waals surface area (Å²) in [5, 5.41) is 2.98. The SMILES string of the molecule is CCCCOc1ccc(C(=O)OCC(=O)N[C@H]2CCCc3ccccc32)cc1. The molecule has 0 fully saturated rings. The average molecular weight is 381 g/mol. The largest absolute Gasteiger partial charge is 0.494 e. The molecule has 1 aliphatic carbocycles. The van der Waals surface area contributed by atoms with Gasteiger partial charge in [-0.2, -0.15) is 0 Å². The molecule has 0 heterocycles. The van der Waals surface area contributed by atoms with Gasteiger partial charge in [-0.25, -0.2) is 4.79 Å². The van der Waals surface area contributed by atoms with Crippen molar-refractivity contribution in [1.29, 1.82) is 0 Å². The summed E-state index contributed by atoms with van der Waals surface area (Å²) in [6, 6.07) is 14.9. The standard InChI is InChI=1S/C23H27NO4/c1-2-3-15-27-19-13-11-18(12-14-19)23(26)28-16-22(25)24-21-10-6-8-17-7-4-5-9-20(17)21/h4-5,7,9,11-14,21H,2-3,6,8,10,15-16H2,1H3,(H,24,25)/t21-/m0/s1. The Morgan fingerprint density at radius 2 is 1.89 bits per heavy atom. The second-order valence-corrected chi connectivity index (χ2v) is 7.01. The molecule has 1 atom stereocenters. The van der Waals surface area contributed by atoms with Gasteiger partial charge < -0.3 is 14.8 Å². The van der Waals surface area contributed by atoms with Crippen LogP contribution in [0.15, 0.2) is 48.5 Å². The first-order valence-corrected chi connectivity index (χ1v) is 9.94. The lowest BCUT2D eigenvalue weighted by Crippen LogP contribution is -2.34. The fourth-order valence-corrected chi connectivity index (χ4v) is 3.38. The molecule has 1 amide bonds. The third kappa shape index (κ3) is 5.35. The molecular formula is C23H27NO4. The van der Waals surface area contributed by atoms with E-state index in [0.717, 1.165) is 43.4 Å². The lowest BCUT2D eigenvalue weighted by Gasteiger charge is -2.26. The zero-order valence-electron chi connectivity index (χ0n) is 16.3. The fourth-order valence-electron chi connectivity index (χ4n) is 3.38. The topological polar surface area (TPSA) is 64.6 Å². The van der Waals surface area contributed by atoms with E-state index in [-0.39, 0.29) is 18.6 Å². The Bertz CT molecular complexity index is 801. The van der Waals surface area contributed by atoms with E-state index in [9.17, 15) is 9.59 Å². The molecule has 0 aromatic heterocycles. The first-order valence-electron chi connectivity index (χ1n) is 9.94. The number of fused-ring (bicyclic) bond motifs is 1. The number of hydrogen-bond donors (Lipinski definition) is 1. The average Bonchev–Trinajstić information content (AvgIpc) is 2.73. The summed E-state index contributed by atoms with van der Waals surface area (Å²) in [6.45, 7) is 2.47. The molecule has 5 heteroatoms. The first kappa shape index (κ1) is 19.9. The van der Waals surface area contributed by atoms with Gasteiger partial charge in [0.25, 0.3) is 5.91 Å². The minimum absolute atomic E-state index is 0.0179. The molecule has 1 aliphatic rings. The molecule has 0 bridgehead atoms. The summed E-state index contributed by atoms with van der Waals surface area (Å²) in [5.74, 6) is -0.0763. The maximum Gasteiger partial charge on any atom is 0.338 e. The van der Waals surface area contributed by atoms with Crippen molar-refractivity contribution in [3.63, 3.8) is 0 Å². The summed E-state index contributed by atoms with van der Waals surface area (Å²) in [7, 11) is 0. The third-order valence-electron chi connectivity index (χ3n) is 4.90. The summed E-state index contributed by atoms with van der Waals surface area (Å²) in [6.07, 6.45) is 5.03. The van der Waals surface area contributed by atoms with Crippen LogP contribution >= 0.6 is 0 Å². The van der Waals surface area contributed by atoms with Gasteiger partial charge in [0.05, 0.1) is 18.2 Å². The minimum atomic E-state index is -0.515. The number of esters is 1. The Hall–Kier alpha value is -2.82. The van der Waals surface area contributed by atoms with Gasteiger partial charge in [-0.15, -0.1) is 0 Å². The van der Waals surface area contributed by atoms with Crippen LogP contribution in [0.5, 0.6) is 5.75 Å². The van der Waals surface area contributed by atoms with Crippen LogP contribution in [0.2, 0.25) is 0 Å². The molecule has 0 radical (unpaired) electrons. The van der Waals surface area contributed by atoms with Crippen LogP contribution in [-0.2, 0) is 16.0 Å². The van der Waals surface area contributed by atoms with Crippen LogP contribution in [-0.4, -0.2) is 25.1 Å². The molecule has 148 valence electrons. The Balaban J connectivity index is 1.47. The van der Waals surface area contributed by atoms with Gasteiger partial charge in [0, 0.05) is 0 Å². The highest BCUT2D eigenvalue weighted by Gasteiger charge is 2.21. The fraction of sp³-hybridized carbons (Fsp3) is 0.391. The Morgan fingerprint density at radius 3 is 2.68 bits per heavy atom. The third-order valence-corrected chi connectivity index (χ3v) is 4.90. The van der Waals surface area contributed by atoms with Gasteiger partial charge in [0.15, 0.2) is 6.61 Å². The number of unbranched alkanes of at least 4 members (excludes halogenated alkanes) is 1. The van der Waals surface area contributed by atoms with E-state index in [1.54, 1.807) is 24.3 Å². The van der Waals surface area contributed by atoms with Crippen LogP contribution in [0.25, 0.3) is 0 Å². The van der Waals surface area contributed by atoms with Crippen molar-refractivity contribution in [2.75, 3.05) is 13.2 Å². The zero-order chi connectivity index (χ0) is 19.8. The molecule has 2 aromatic carbocycles. The van der Waals surface area contributed by atoms with Crippen molar-refractivity contribution >= 4 is 11.9 Å². The summed E-state index contributed by atoms with van der Waals surface area (Å²) in [5.41, 5.74) is 2.84. The highest BCUT2D eigenvalue weighted by Crippen LogP contribution is 2.29. The first-order chi connectivity index (χ1) is 13.7. The van der Waals surface area contributed by atoms with Crippen molar-refractivity contribution in [2.45, 2.75) is 45.1 Å². The molecule has 1 N–H and O–H groups in total. The van der Waals surface area contributed by atoms with Gasteiger partial charge in [-0.3, -0.25) is 4.79 Å². The molecule has 0 aliphatic heterocycles. The Labute approximate surface area is 166 Å². The zero-order valence-corrected chi connectivity index (χ0v) is 16.3. The van der Waals surface area contributed by atoms with Crippen molar-refractivity contribution in [3.8, 4) is 5.75 Å². The summed E-state index contributed by atoms with van der Waals surface area (Å²) >= 11 is 0. The summed E-state index contributed by atoms with van der Waals surface area (Å²) in [4.78, 5) is 24.4. The molecule has 3 rings (SSSR count). The maximum absolute atomic E-state index is 12.2. The molecule has 0 spiro atoms. The number of ether oxygens (including phenoxy) is 2. The van der Waals surface area contributed by atoms with Crippen molar-refractivity contribution < 1.29 is 19.1 Å². The lowest BCUT2D eigenvalue weighted by atomic mass is 9.88. The van der Waals surface area contributed by atoms with E-state index < -0.39 is 5.97 Å². The highest BCUT2D eigenvalue weighted by atomic mass is 16.5. The number of nitrogens with one attached hydrogen (secondary N) is 1. The van der Waals surface area contributed by atoms with Crippen molar-refractivity contribution in [3.05, 3.63) is 65.2 Å². The van der Waals surface area contributed by atoms with E-state index in [0.29, 0.717) is 12.2 Å². The van der Waals surface area contributed by atoms with Crippen LogP contribution in [0.3, 0.4) is 0 Å². The molecule has 28 heavy (non-hydrogen) atoms. The monoisotopic (exact) mass is 381 g/mol. The number of aryl methyl sites for hydroxylation is 1. The lowest BCUT2D eigenvalue weighted by molar-refractivity contribution is -0.125. The van der Waals surface area contributed by atoms with E-state index in [4.69, 9.17) is 9.47 Å². The number of benzene rings is 2. The number of carbonyl (C=O) groups excluding carboxylic acids is 2. The predicted octanol–water partition coefficient (Wildman–Crippen LogP) is 4.22. The van der Waals surface area contributed by atoms with Gasteiger partial charge in [-0.05, 0) is 61.1 Å². The van der Waals surface area contributed by atoms with Crippen LogP contribution in [0, 0.1) is 0 Å². The maximum atomic E-state index is 12.2. The van der Waals surface area contributed by atoms with Gasteiger partial charge in [0.1, 0.15) is 5.75 Å². The number of carbonyl (C=O) groups is 2. The highest BCUT2D eigenvalue weighted by molar-refractivity contribution is 5.91. The minimum Gasteiger partial charge on any atom is -0.494 e. The van der Waals surface area contributed by atoms with Crippen LogP contribution < -0.4 is 10.1 Å². The predicted molar refractivity (Wildman–Crippen MR) is 107 cm³/mol. The number of rotatable bonds is 8. The normalized spacial score (nSPS) is 15.4. The molecule has 5 nitrogen and oxygen atoms in total. The van der Waals surface area contributed by atoms with Gasteiger partial charge in [-0.1, -0.05) is 37.6 Å². The number of amides is 1. The van der Waals surface area contributed by atoms with E-state index >= 15 is 0 Å². The Kier molecular flexibility index (Phi) is 7.06. The van der Waals surface area contributed by atoms with E-state index in [1.807, 2.05) is 12.1 Å². The molecule has 2 aromatic rings. The van der Waals surface area contributed by atoms with E-state index in [1.165, 1.54) is 5.56 Å². The molecule has 0 unspecified atom stereocenters. The smallest absolute Gasteiger partial charge is 0.338 e. The summed E-state index contributed by atoms with van der Waals surface area (Å²) < 4.78 is 10.7. The van der Waals surface area contributed by atoms with Crippen LogP contribution in [0.4, 0.5) is 0 Å². The number of hydrogen-bond acceptors (Lipinski definition) is 4. The van der Waals surface area contributed by atoms with Crippen molar-refractivity contribution in [2.24, 2.45) is 0 Å².